The summed E-state index contributed by atoms with van der Waals surface area (Å²) in [6.07, 6.45) is 4.52. The van der Waals surface area contributed by atoms with Crippen molar-refractivity contribution in [3.05, 3.63) is 23.0 Å². The van der Waals surface area contributed by atoms with E-state index in [0.29, 0.717) is 23.2 Å². The monoisotopic (exact) mass is 384 g/mol. The number of hydrogen-bond acceptors (Lipinski definition) is 6. The van der Waals surface area contributed by atoms with Crippen LogP contribution in [0.5, 0.6) is 0 Å². The van der Waals surface area contributed by atoms with Crippen LogP contribution in [-0.2, 0) is 4.74 Å². The van der Waals surface area contributed by atoms with Gasteiger partial charge >= 0.3 is 0 Å². The van der Waals surface area contributed by atoms with E-state index in [4.69, 9.17) is 9.26 Å². The van der Waals surface area contributed by atoms with Crippen molar-refractivity contribution >= 4 is 17.0 Å². The summed E-state index contributed by atoms with van der Waals surface area (Å²) >= 11 is 0. The second-order valence-corrected chi connectivity index (χ2v) is 8.61. The van der Waals surface area contributed by atoms with Gasteiger partial charge in [0.2, 0.25) is 0 Å². The van der Waals surface area contributed by atoms with Gasteiger partial charge in [-0.25, -0.2) is 4.98 Å². The Morgan fingerprint density at radius 1 is 1.07 bits per heavy atom. The Hall–Kier alpha value is -1.99. The van der Waals surface area contributed by atoms with E-state index in [2.05, 4.69) is 19.9 Å². The zero-order valence-corrected chi connectivity index (χ0v) is 16.7. The molecule has 0 spiro atoms. The maximum absolute atomic E-state index is 13.6. The summed E-state index contributed by atoms with van der Waals surface area (Å²) in [4.78, 5) is 22.8. The number of hydrogen-bond donors (Lipinski definition) is 0. The summed E-state index contributed by atoms with van der Waals surface area (Å²) in [6, 6.07) is 2.77. The van der Waals surface area contributed by atoms with Crippen LogP contribution in [-0.4, -0.2) is 70.8 Å². The normalized spacial score (nSPS) is 26.7. The van der Waals surface area contributed by atoms with Crippen LogP contribution in [0.15, 0.2) is 10.6 Å². The number of aromatic nitrogens is 2. The molecule has 2 atom stereocenters. The van der Waals surface area contributed by atoms with E-state index >= 15 is 0 Å². The molecule has 1 amide bonds. The number of carbonyl (C=O) groups is 1. The molecule has 4 aliphatic heterocycles. The van der Waals surface area contributed by atoms with Gasteiger partial charge < -0.3 is 14.2 Å². The number of ether oxygens (including phenoxy) is 1. The van der Waals surface area contributed by atoms with E-state index in [1.165, 1.54) is 6.42 Å². The lowest BCUT2D eigenvalue weighted by Crippen LogP contribution is -2.48. The maximum Gasteiger partial charge on any atom is 0.258 e. The molecule has 0 aliphatic carbocycles. The molecule has 4 saturated heterocycles. The predicted molar refractivity (Wildman–Crippen MR) is 104 cm³/mol. The van der Waals surface area contributed by atoms with Crippen LogP contribution in [0.2, 0.25) is 0 Å². The summed E-state index contributed by atoms with van der Waals surface area (Å²) in [6.45, 7) is 8.41. The third-order valence-electron chi connectivity index (χ3n) is 6.69. The second kappa shape index (κ2) is 7.12. The first kappa shape index (κ1) is 18.1. The van der Waals surface area contributed by atoms with Crippen molar-refractivity contribution in [2.75, 3.05) is 32.8 Å². The Kier molecular flexibility index (Phi) is 4.59. The van der Waals surface area contributed by atoms with E-state index in [0.717, 1.165) is 68.9 Å². The molecule has 0 radical (unpaired) electrons. The molecule has 7 heteroatoms. The Morgan fingerprint density at radius 3 is 2.71 bits per heavy atom. The van der Waals surface area contributed by atoms with Crippen LogP contribution < -0.4 is 0 Å². The minimum absolute atomic E-state index is 0.102. The third-order valence-corrected chi connectivity index (χ3v) is 6.69. The van der Waals surface area contributed by atoms with E-state index in [9.17, 15) is 4.79 Å². The van der Waals surface area contributed by atoms with Crippen molar-refractivity contribution in [3.63, 3.8) is 0 Å². The molecule has 150 valence electrons. The number of carbonyl (C=O) groups excluding carboxylic acids is 1. The Morgan fingerprint density at radius 2 is 1.89 bits per heavy atom. The quantitative estimate of drug-likeness (QED) is 0.792. The number of aryl methyl sites for hydroxylation is 2. The highest BCUT2D eigenvalue weighted by Crippen LogP contribution is 2.33. The lowest BCUT2D eigenvalue weighted by molar-refractivity contribution is 0.0304. The summed E-state index contributed by atoms with van der Waals surface area (Å²) < 4.78 is 10.9. The van der Waals surface area contributed by atoms with Gasteiger partial charge in [0.1, 0.15) is 0 Å². The highest BCUT2D eigenvalue weighted by atomic mass is 16.5. The van der Waals surface area contributed by atoms with Crippen LogP contribution in [0.4, 0.5) is 0 Å². The summed E-state index contributed by atoms with van der Waals surface area (Å²) in [5.41, 5.74) is 2.67. The molecular formula is C21H28N4O3. The Bertz CT molecular complexity index is 889. The first-order chi connectivity index (χ1) is 13.6. The van der Waals surface area contributed by atoms with Crippen molar-refractivity contribution in [1.29, 1.82) is 0 Å². The molecule has 4 aliphatic rings. The fraction of sp³-hybridized carbons (Fsp3) is 0.667. The number of pyridine rings is 1. The van der Waals surface area contributed by atoms with Crippen molar-refractivity contribution in [1.82, 2.24) is 19.9 Å². The van der Waals surface area contributed by atoms with Gasteiger partial charge in [0, 0.05) is 50.6 Å². The number of piperidine rings is 1. The molecule has 6 rings (SSSR count). The fourth-order valence-electron chi connectivity index (χ4n) is 5.26. The van der Waals surface area contributed by atoms with Crippen molar-refractivity contribution in [2.45, 2.75) is 51.6 Å². The highest BCUT2D eigenvalue weighted by Gasteiger charge is 2.40. The molecule has 0 saturated carbocycles. The lowest BCUT2D eigenvalue weighted by Gasteiger charge is -2.37. The molecule has 2 aromatic rings. The van der Waals surface area contributed by atoms with Crippen LogP contribution in [0, 0.1) is 19.8 Å². The number of rotatable bonds is 2. The van der Waals surface area contributed by atoms with Crippen molar-refractivity contribution < 1.29 is 14.1 Å². The van der Waals surface area contributed by atoms with Crippen molar-refractivity contribution in [2.24, 2.45) is 5.92 Å². The summed E-state index contributed by atoms with van der Waals surface area (Å²) in [7, 11) is 0. The maximum atomic E-state index is 13.6. The predicted octanol–water partition coefficient (Wildman–Crippen LogP) is 2.56. The average molecular weight is 384 g/mol. The SMILES string of the molecule is Cc1cc(C(=O)N2C[C@H]3CC[C@@H]2CN(C2CCOCC2)C3)c2c(C)noc2n1. The summed E-state index contributed by atoms with van der Waals surface area (Å²) in [5.74, 6) is 0.651. The van der Waals surface area contributed by atoms with E-state index in [-0.39, 0.29) is 11.9 Å². The van der Waals surface area contributed by atoms with Crippen LogP contribution in [0.3, 0.4) is 0 Å². The number of fused-ring (bicyclic) bond motifs is 5. The standard InChI is InChI=1S/C21H28N4O3/c1-13-9-18(19-14(2)23-28-20(19)22-13)21(26)25-11-15-3-4-17(25)12-24(10-15)16-5-7-27-8-6-16/h9,15-17H,3-8,10-12H2,1-2H3/t15-,17+/m0/s1. The smallest absolute Gasteiger partial charge is 0.258 e. The zero-order valence-electron chi connectivity index (χ0n) is 16.7. The highest BCUT2D eigenvalue weighted by molar-refractivity contribution is 6.06. The van der Waals surface area contributed by atoms with Gasteiger partial charge in [-0.2, -0.15) is 0 Å². The first-order valence-corrected chi connectivity index (χ1v) is 10.5. The van der Waals surface area contributed by atoms with Crippen LogP contribution in [0.25, 0.3) is 11.1 Å². The molecule has 0 unspecified atom stereocenters. The minimum atomic E-state index is 0.102. The van der Waals surface area contributed by atoms with E-state index in [1.54, 1.807) is 0 Å². The third kappa shape index (κ3) is 3.10. The largest absolute Gasteiger partial charge is 0.381 e. The van der Waals surface area contributed by atoms with Gasteiger partial charge in [0.05, 0.1) is 16.6 Å². The molecular weight excluding hydrogens is 356 g/mol. The van der Waals surface area contributed by atoms with Crippen molar-refractivity contribution in [3.8, 4) is 0 Å². The lowest BCUT2D eigenvalue weighted by atomic mass is 9.94. The molecule has 7 nitrogen and oxygen atoms in total. The second-order valence-electron chi connectivity index (χ2n) is 8.61. The number of nitrogens with zero attached hydrogens (tertiary/aromatic N) is 4. The Labute approximate surface area is 165 Å². The molecule has 2 aromatic heterocycles. The molecule has 4 fully saturated rings. The summed E-state index contributed by atoms with van der Waals surface area (Å²) in [5, 5.41) is 4.80. The molecule has 2 bridgehead atoms. The molecule has 0 N–H and O–H groups in total. The zero-order chi connectivity index (χ0) is 19.3. The van der Waals surface area contributed by atoms with E-state index < -0.39 is 0 Å². The van der Waals surface area contributed by atoms with Gasteiger partial charge in [0.25, 0.3) is 11.6 Å². The topological polar surface area (TPSA) is 71.7 Å². The number of amides is 1. The molecule has 6 heterocycles. The average Bonchev–Trinajstić information content (AvgIpc) is 2.89. The van der Waals surface area contributed by atoms with Crippen LogP contribution >= 0.6 is 0 Å². The van der Waals surface area contributed by atoms with Gasteiger partial charge in [-0.05, 0) is 51.5 Å². The van der Waals surface area contributed by atoms with Gasteiger partial charge in [-0.3, -0.25) is 9.69 Å². The first-order valence-electron chi connectivity index (χ1n) is 10.5. The van der Waals surface area contributed by atoms with Crippen LogP contribution in [0.1, 0.15) is 47.4 Å². The fourth-order valence-corrected chi connectivity index (χ4v) is 5.26. The van der Waals surface area contributed by atoms with Gasteiger partial charge in [-0.15, -0.1) is 0 Å². The molecule has 28 heavy (non-hydrogen) atoms. The van der Waals surface area contributed by atoms with E-state index in [1.807, 2.05) is 19.9 Å². The minimum Gasteiger partial charge on any atom is -0.381 e. The molecule has 0 aromatic carbocycles. The van der Waals surface area contributed by atoms with Gasteiger partial charge in [0.15, 0.2) is 0 Å². The van der Waals surface area contributed by atoms with Gasteiger partial charge in [-0.1, -0.05) is 5.16 Å². The Balaban J connectivity index is 1.44.